The van der Waals surface area contributed by atoms with Crippen molar-refractivity contribution in [1.82, 2.24) is 10.2 Å². The van der Waals surface area contributed by atoms with Gasteiger partial charge in [-0.25, -0.2) is 0 Å². The van der Waals surface area contributed by atoms with E-state index in [1.807, 2.05) is 0 Å². The normalized spacial score (nSPS) is 24.4. The number of hydrogen-bond acceptors (Lipinski definition) is 3. The summed E-state index contributed by atoms with van der Waals surface area (Å²) in [7, 11) is 0. The van der Waals surface area contributed by atoms with Gasteiger partial charge in [0.1, 0.15) is 0 Å². The quantitative estimate of drug-likeness (QED) is 0.617. The third-order valence-corrected chi connectivity index (χ3v) is 5.38. The Balaban J connectivity index is 1.45. The van der Waals surface area contributed by atoms with Gasteiger partial charge in [0, 0.05) is 30.9 Å². The van der Waals surface area contributed by atoms with E-state index >= 15 is 0 Å². The lowest BCUT2D eigenvalue weighted by Gasteiger charge is -2.25. The molecule has 2 atom stereocenters. The molecule has 24 heavy (non-hydrogen) atoms. The van der Waals surface area contributed by atoms with E-state index in [-0.39, 0.29) is 0 Å². The van der Waals surface area contributed by atoms with E-state index in [1.54, 1.807) is 0 Å². The van der Waals surface area contributed by atoms with Crippen LogP contribution in [0.25, 0.3) is 0 Å². The molecule has 5 nitrogen and oxygen atoms in total. The molecular weight excluding hydrogens is 298 g/mol. The average molecular weight is 329 g/mol. The van der Waals surface area contributed by atoms with E-state index in [4.69, 9.17) is 5.73 Å². The molecule has 0 spiro atoms. The molecule has 0 saturated carbocycles. The highest BCUT2D eigenvalue weighted by molar-refractivity contribution is 5.77. The van der Waals surface area contributed by atoms with Gasteiger partial charge in [0.05, 0.1) is 6.54 Å². The van der Waals surface area contributed by atoms with Gasteiger partial charge in [-0.2, -0.15) is 0 Å². The Morgan fingerprint density at radius 2 is 2.21 bits per heavy atom. The van der Waals surface area contributed by atoms with Crippen LogP contribution in [-0.4, -0.2) is 55.7 Å². The number of nitrogens with one attached hydrogen (secondary N) is 1. The topological polar surface area (TPSA) is 56.9 Å². The van der Waals surface area contributed by atoms with Gasteiger partial charge in [0.15, 0.2) is 5.96 Å². The van der Waals surface area contributed by atoms with E-state index in [2.05, 4.69) is 58.2 Å². The molecule has 132 valence electrons. The molecule has 3 rings (SSSR count). The number of anilines is 1. The summed E-state index contributed by atoms with van der Waals surface area (Å²) in [5.41, 5.74) is 8.87. The van der Waals surface area contributed by atoms with Gasteiger partial charge >= 0.3 is 0 Å². The van der Waals surface area contributed by atoms with Crippen LogP contribution in [0.3, 0.4) is 0 Å². The van der Waals surface area contributed by atoms with Crippen LogP contribution in [0.2, 0.25) is 0 Å². The van der Waals surface area contributed by atoms with Crippen molar-refractivity contribution < 1.29 is 0 Å². The fourth-order valence-corrected chi connectivity index (χ4v) is 4.05. The maximum atomic E-state index is 6.05. The van der Waals surface area contributed by atoms with Crippen molar-refractivity contribution in [2.45, 2.75) is 45.2 Å². The first kappa shape index (κ1) is 17.1. The van der Waals surface area contributed by atoms with Crippen molar-refractivity contribution in [3.63, 3.8) is 0 Å². The highest BCUT2D eigenvalue weighted by Gasteiger charge is 2.25. The zero-order chi connectivity index (χ0) is 16.9. The monoisotopic (exact) mass is 329 g/mol. The number of hydrogen-bond donors (Lipinski definition) is 2. The molecule has 2 heterocycles. The smallest absolute Gasteiger partial charge is 0.188 e. The Kier molecular flexibility index (Phi) is 5.61. The molecule has 1 fully saturated rings. The van der Waals surface area contributed by atoms with Gasteiger partial charge < -0.3 is 16.0 Å². The number of likely N-dealkylation sites (tertiary alicyclic amines) is 1. The van der Waals surface area contributed by atoms with Crippen LogP contribution >= 0.6 is 0 Å². The van der Waals surface area contributed by atoms with Crippen molar-refractivity contribution in [1.29, 1.82) is 0 Å². The minimum Gasteiger partial charge on any atom is -0.370 e. The number of likely N-dealkylation sites (N-methyl/N-ethyl adjacent to an activating group) is 1. The molecule has 0 bridgehead atoms. The van der Waals surface area contributed by atoms with Crippen LogP contribution in [0.15, 0.2) is 29.3 Å². The summed E-state index contributed by atoms with van der Waals surface area (Å²) in [6, 6.07) is 9.82. The summed E-state index contributed by atoms with van der Waals surface area (Å²) in [6.07, 6.45) is 3.66. The van der Waals surface area contributed by atoms with Crippen LogP contribution in [0, 0.1) is 0 Å². The zero-order valence-electron chi connectivity index (χ0n) is 15.0. The zero-order valence-corrected chi connectivity index (χ0v) is 15.0. The fourth-order valence-electron chi connectivity index (χ4n) is 4.05. The van der Waals surface area contributed by atoms with Crippen LogP contribution < -0.4 is 16.0 Å². The number of nitrogens with two attached hydrogens (primary N) is 1. The van der Waals surface area contributed by atoms with Crippen LogP contribution in [0.1, 0.15) is 32.3 Å². The highest BCUT2D eigenvalue weighted by Crippen LogP contribution is 2.31. The van der Waals surface area contributed by atoms with Crippen LogP contribution in [0.5, 0.6) is 0 Å². The predicted octanol–water partition coefficient (Wildman–Crippen LogP) is 1.83. The number of fused-ring (bicyclic) bond motifs is 1. The Labute approximate surface area is 145 Å². The standard InChI is InChI=1S/C19H31N5/c1-3-23-11-6-8-17(23)14-22-19(20)21-10-12-24-15(2)13-16-7-4-5-9-18(16)24/h4-5,7,9,15,17H,3,6,8,10-14H2,1-2H3,(H3,20,21,22). The maximum Gasteiger partial charge on any atom is 0.188 e. The Bertz CT molecular complexity index is 571. The second kappa shape index (κ2) is 7.88. The SMILES string of the molecule is CCN1CCCC1CN=C(N)NCCN1c2ccccc2CC1C. The van der Waals surface area contributed by atoms with Crippen molar-refractivity contribution in [2.75, 3.05) is 37.6 Å². The summed E-state index contributed by atoms with van der Waals surface area (Å²) in [6.45, 7) is 9.43. The molecule has 1 saturated heterocycles. The Morgan fingerprint density at radius 3 is 3.04 bits per heavy atom. The largest absolute Gasteiger partial charge is 0.370 e. The first-order valence-corrected chi connectivity index (χ1v) is 9.31. The molecule has 3 N–H and O–H groups in total. The average Bonchev–Trinajstić information content (AvgIpc) is 3.17. The van der Waals surface area contributed by atoms with Crippen molar-refractivity contribution in [2.24, 2.45) is 10.7 Å². The van der Waals surface area contributed by atoms with E-state index in [9.17, 15) is 0 Å². The molecule has 1 aromatic carbocycles. The summed E-state index contributed by atoms with van der Waals surface area (Å²) in [4.78, 5) is 9.52. The fraction of sp³-hybridized carbons (Fsp3) is 0.632. The van der Waals surface area contributed by atoms with E-state index in [0.29, 0.717) is 18.0 Å². The van der Waals surface area contributed by atoms with E-state index < -0.39 is 0 Å². The third kappa shape index (κ3) is 3.83. The van der Waals surface area contributed by atoms with Gasteiger partial charge in [-0.1, -0.05) is 25.1 Å². The van der Waals surface area contributed by atoms with Gasteiger partial charge in [0.2, 0.25) is 0 Å². The predicted molar refractivity (Wildman–Crippen MR) is 102 cm³/mol. The molecule has 0 aromatic heterocycles. The first-order chi connectivity index (χ1) is 11.7. The molecule has 2 unspecified atom stereocenters. The lowest BCUT2D eigenvalue weighted by Crippen LogP contribution is -2.41. The van der Waals surface area contributed by atoms with Crippen molar-refractivity contribution in [3.05, 3.63) is 29.8 Å². The summed E-state index contributed by atoms with van der Waals surface area (Å²) < 4.78 is 0. The molecule has 0 aliphatic carbocycles. The van der Waals surface area contributed by atoms with Crippen LogP contribution in [0.4, 0.5) is 5.69 Å². The highest BCUT2D eigenvalue weighted by atomic mass is 15.2. The summed E-state index contributed by atoms with van der Waals surface area (Å²) >= 11 is 0. The maximum absolute atomic E-state index is 6.05. The summed E-state index contributed by atoms with van der Waals surface area (Å²) in [5, 5.41) is 3.29. The minimum atomic E-state index is 0.555. The molecule has 5 heteroatoms. The summed E-state index contributed by atoms with van der Waals surface area (Å²) in [5.74, 6) is 0.582. The number of nitrogens with zero attached hydrogens (tertiary/aromatic N) is 3. The molecule has 1 aromatic rings. The number of guanidine groups is 1. The van der Waals surface area contributed by atoms with Gasteiger partial charge in [-0.3, -0.25) is 9.89 Å². The first-order valence-electron chi connectivity index (χ1n) is 9.31. The Morgan fingerprint density at radius 1 is 1.38 bits per heavy atom. The van der Waals surface area contributed by atoms with E-state index in [1.165, 1.54) is 30.6 Å². The number of para-hydroxylation sites is 1. The van der Waals surface area contributed by atoms with Crippen LogP contribution in [-0.2, 0) is 6.42 Å². The minimum absolute atomic E-state index is 0.555. The lowest BCUT2D eigenvalue weighted by molar-refractivity contribution is 0.273. The number of benzene rings is 1. The second-order valence-electron chi connectivity index (χ2n) is 6.95. The van der Waals surface area contributed by atoms with E-state index in [0.717, 1.165) is 32.6 Å². The van der Waals surface area contributed by atoms with Gasteiger partial charge in [-0.15, -0.1) is 0 Å². The van der Waals surface area contributed by atoms with Crippen molar-refractivity contribution in [3.8, 4) is 0 Å². The number of rotatable bonds is 6. The van der Waals surface area contributed by atoms with Gasteiger partial charge in [0.25, 0.3) is 0 Å². The van der Waals surface area contributed by atoms with Crippen molar-refractivity contribution >= 4 is 11.6 Å². The molecular formula is C19H31N5. The lowest BCUT2D eigenvalue weighted by atomic mass is 10.1. The number of aliphatic imine (C=N–C) groups is 1. The second-order valence-corrected chi connectivity index (χ2v) is 6.95. The molecule has 2 aliphatic heterocycles. The third-order valence-electron chi connectivity index (χ3n) is 5.38. The molecule has 2 aliphatic rings. The Hall–Kier alpha value is -1.75. The molecule has 0 radical (unpaired) electrons. The molecule has 0 amide bonds. The van der Waals surface area contributed by atoms with Gasteiger partial charge in [-0.05, 0) is 50.9 Å².